The minimum Gasteiger partial charge on any atom is -0.339 e. The lowest BCUT2D eigenvalue weighted by Crippen LogP contribution is -2.39. The Morgan fingerprint density at radius 1 is 1.38 bits per heavy atom. The van der Waals surface area contributed by atoms with E-state index in [9.17, 15) is 4.79 Å². The maximum absolute atomic E-state index is 12.5. The van der Waals surface area contributed by atoms with Crippen LogP contribution >= 0.6 is 24.0 Å². The minimum atomic E-state index is 0. The van der Waals surface area contributed by atoms with Crippen LogP contribution in [0.5, 0.6) is 0 Å². The van der Waals surface area contributed by atoms with E-state index in [1.54, 1.807) is 6.07 Å². The number of hydrogen-bond acceptors (Lipinski definition) is 2. The van der Waals surface area contributed by atoms with Gasteiger partial charge in [0.05, 0.1) is 0 Å². The van der Waals surface area contributed by atoms with Gasteiger partial charge in [0.25, 0.3) is 5.91 Å². The van der Waals surface area contributed by atoms with Crippen LogP contribution in [-0.4, -0.2) is 37.5 Å². The Morgan fingerprint density at radius 3 is 2.62 bits per heavy atom. The molecule has 1 aliphatic heterocycles. The SMILES string of the molecule is CNCCC1CCN(C(=O)c2ccc(Cl)cc2C)CC1.Cl. The number of aryl methyl sites for hydroxylation is 1. The summed E-state index contributed by atoms with van der Waals surface area (Å²) in [4.78, 5) is 14.5. The summed E-state index contributed by atoms with van der Waals surface area (Å²) in [6, 6.07) is 5.49. The average Bonchev–Trinajstić information content (AvgIpc) is 2.45. The Hall–Kier alpha value is -0.770. The van der Waals surface area contributed by atoms with Crippen molar-refractivity contribution in [2.45, 2.75) is 26.2 Å². The molecule has 1 heterocycles. The second kappa shape index (κ2) is 8.62. The van der Waals surface area contributed by atoms with E-state index in [2.05, 4.69) is 5.32 Å². The number of carbonyl (C=O) groups is 1. The number of piperidine rings is 1. The summed E-state index contributed by atoms with van der Waals surface area (Å²) >= 11 is 5.94. The first-order valence-electron chi connectivity index (χ1n) is 7.32. The maximum atomic E-state index is 12.5. The van der Waals surface area contributed by atoms with Crippen LogP contribution in [0, 0.1) is 12.8 Å². The van der Waals surface area contributed by atoms with Crippen LogP contribution in [-0.2, 0) is 0 Å². The van der Waals surface area contributed by atoms with Crippen LogP contribution in [0.3, 0.4) is 0 Å². The quantitative estimate of drug-likeness (QED) is 0.915. The van der Waals surface area contributed by atoms with E-state index >= 15 is 0 Å². The molecule has 1 N–H and O–H groups in total. The molecule has 0 unspecified atom stereocenters. The first kappa shape index (κ1) is 18.3. The Labute approximate surface area is 138 Å². The summed E-state index contributed by atoms with van der Waals surface area (Å²) < 4.78 is 0. The van der Waals surface area contributed by atoms with Crippen molar-refractivity contribution < 1.29 is 4.79 Å². The van der Waals surface area contributed by atoms with E-state index in [1.165, 1.54) is 6.42 Å². The Morgan fingerprint density at radius 2 is 2.05 bits per heavy atom. The fourth-order valence-electron chi connectivity index (χ4n) is 2.81. The van der Waals surface area contributed by atoms with Crippen LogP contribution in [0.15, 0.2) is 18.2 Å². The molecule has 1 aromatic rings. The van der Waals surface area contributed by atoms with E-state index in [-0.39, 0.29) is 18.3 Å². The van der Waals surface area contributed by atoms with Gasteiger partial charge in [0.2, 0.25) is 0 Å². The second-order valence-electron chi connectivity index (χ2n) is 5.59. The highest BCUT2D eigenvalue weighted by Crippen LogP contribution is 2.23. The second-order valence-corrected chi connectivity index (χ2v) is 6.02. The van der Waals surface area contributed by atoms with E-state index in [1.807, 2.05) is 31.0 Å². The summed E-state index contributed by atoms with van der Waals surface area (Å²) in [5.41, 5.74) is 1.74. The van der Waals surface area contributed by atoms with Crippen molar-refractivity contribution in [1.29, 1.82) is 0 Å². The molecule has 0 aliphatic carbocycles. The van der Waals surface area contributed by atoms with E-state index < -0.39 is 0 Å². The molecule has 1 aromatic carbocycles. The first-order chi connectivity index (χ1) is 9.61. The Kier molecular flexibility index (Phi) is 7.50. The zero-order chi connectivity index (χ0) is 14.5. The van der Waals surface area contributed by atoms with Gasteiger partial charge in [-0.25, -0.2) is 0 Å². The molecule has 0 bridgehead atoms. The van der Waals surface area contributed by atoms with Gasteiger partial charge in [0.15, 0.2) is 0 Å². The average molecular weight is 331 g/mol. The number of benzene rings is 1. The van der Waals surface area contributed by atoms with Crippen LogP contribution in [0.2, 0.25) is 5.02 Å². The van der Waals surface area contributed by atoms with Crippen molar-refractivity contribution in [3.05, 3.63) is 34.3 Å². The molecular formula is C16H24Cl2N2O. The Bertz CT molecular complexity index is 471. The maximum Gasteiger partial charge on any atom is 0.254 e. The molecule has 0 atom stereocenters. The van der Waals surface area contributed by atoms with Gasteiger partial charge in [0, 0.05) is 23.7 Å². The normalized spacial score (nSPS) is 15.7. The number of nitrogens with one attached hydrogen (secondary N) is 1. The highest BCUT2D eigenvalue weighted by molar-refractivity contribution is 6.30. The van der Waals surface area contributed by atoms with Crippen LogP contribution in [0.25, 0.3) is 0 Å². The van der Waals surface area contributed by atoms with Crippen LogP contribution in [0.4, 0.5) is 0 Å². The third-order valence-electron chi connectivity index (χ3n) is 4.12. The standard InChI is InChI=1S/C16H23ClN2O.ClH/c1-12-11-14(17)3-4-15(12)16(20)19-9-6-13(7-10-19)5-8-18-2;/h3-4,11,13,18H,5-10H2,1-2H3;1H. The van der Waals surface area contributed by atoms with Gasteiger partial charge in [-0.2, -0.15) is 0 Å². The fourth-order valence-corrected chi connectivity index (χ4v) is 3.04. The topological polar surface area (TPSA) is 32.3 Å². The van der Waals surface area contributed by atoms with Crippen molar-refractivity contribution >= 4 is 29.9 Å². The van der Waals surface area contributed by atoms with Gasteiger partial charge in [0.1, 0.15) is 0 Å². The van der Waals surface area contributed by atoms with Gasteiger partial charge in [-0.1, -0.05) is 11.6 Å². The summed E-state index contributed by atoms with van der Waals surface area (Å²) in [5, 5.41) is 3.88. The van der Waals surface area contributed by atoms with Crippen molar-refractivity contribution in [1.82, 2.24) is 10.2 Å². The number of rotatable bonds is 4. The molecule has 2 rings (SSSR count). The highest BCUT2D eigenvalue weighted by atomic mass is 35.5. The number of amides is 1. The summed E-state index contributed by atoms with van der Waals surface area (Å²) in [6.07, 6.45) is 3.43. The van der Waals surface area contributed by atoms with E-state index in [4.69, 9.17) is 11.6 Å². The van der Waals surface area contributed by atoms with Crippen molar-refractivity contribution in [2.75, 3.05) is 26.7 Å². The molecule has 5 heteroatoms. The monoisotopic (exact) mass is 330 g/mol. The number of carbonyl (C=O) groups excluding carboxylic acids is 1. The zero-order valence-corrected chi connectivity index (χ0v) is 14.3. The molecule has 0 saturated carbocycles. The van der Waals surface area contributed by atoms with Crippen LogP contribution < -0.4 is 5.32 Å². The fraction of sp³-hybridized carbons (Fsp3) is 0.562. The van der Waals surface area contributed by atoms with Gasteiger partial charge in [-0.3, -0.25) is 4.79 Å². The van der Waals surface area contributed by atoms with Crippen molar-refractivity contribution in [2.24, 2.45) is 5.92 Å². The molecule has 1 aliphatic rings. The number of likely N-dealkylation sites (tertiary alicyclic amines) is 1. The molecule has 21 heavy (non-hydrogen) atoms. The summed E-state index contributed by atoms with van der Waals surface area (Å²) in [5.74, 6) is 0.893. The number of halogens is 2. The lowest BCUT2D eigenvalue weighted by atomic mass is 9.93. The van der Waals surface area contributed by atoms with E-state index in [0.29, 0.717) is 5.02 Å². The smallest absolute Gasteiger partial charge is 0.254 e. The van der Waals surface area contributed by atoms with Gasteiger partial charge >= 0.3 is 0 Å². The third kappa shape index (κ3) is 4.87. The van der Waals surface area contributed by atoms with Crippen LogP contribution in [0.1, 0.15) is 35.2 Å². The molecular weight excluding hydrogens is 307 g/mol. The third-order valence-corrected chi connectivity index (χ3v) is 4.36. The van der Waals surface area contributed by atoms with Crippen molar-refractivity contribution in [3.63, 3.8) is 0 Å². The van der Waals surface area contributed by atoms with Gasteiger partial charge < -0.3 is 10.2 Å². The highest BCUT2D eigenvalue weighted by Gasteiger charge is 2.24. The van der Waals surface area contributed by atoms with Crippen molar-refractivity contribution in [3.8, 4) is 0 Å². The molecule has 1 fully saturated rings. The lowest BCUT2D eigenvalue weighted by Gasteiger charge is -2.32. The number of nitrogens with zero attached hydrogens (tertiary/aromatic N) is 1. The largest absolute Gasteiger partial charge is 0.339 e. The minimum absolute atomic E-state index is 0. The Balaban J connectivity index is 0.00000220. The molecule has 1 saturated heterocycles. The molecule has 118 valence electrons. The molecule has 1 amide bonds. The van der Waals surface area contributed by atoms with E-state index in [0.717, 1.165) is 49.5 Å². The first-order valence-corrected chi connectivity index (χ1v) is 7.69. The molecule has 0 radical (unpaired) electrons. The molecule has 0 aromatic heterocycles. The van der Waals surface area contributed by atoms with Gasteiger partial charge in [-0.05, 0) is 69.5 Å². The lowest BCUT2D eigenvalue weighted by molar-refractivity contribution is 0.0686. The predicted octanol–water partition coefficient (Wildman–Crippen LogP) is 3.53. The van der Waals surface area contributed by atoms with Gasteiger partial charge in [-0.15, -0.1) is 12.4 Å². The molecule has 3 nitrogen and oxygen atoms in total. The summed E-state index contributed by atoms with van der Waals surface area (Å²) in [6.45, 7) is 4.75. The summed E-state index contributed by atoms with van der Waals surface area (Å²) in [7, 11) is 1.99. The number of hydrogen-bond donors (Lipinski definition) is 1. The molecule has 0 spiro atoms. The zero-order valence-electron chi connectivity index (χ0n) is 12.7. The predicted molar refractivity (Wildman–Crippen MR) is 90.6 cm³/mol.